The third kappa shape index (κ3) is 4.94. The fraction of sp³-hybridized carbons (Fsp3) is 0.190. The van der Waals surface area contributed by atoms with E-state index in [1.54, 1.807) is 13.8 Å². The van der Waals surface area contributed by atoms with Crippen LogP contribution in [0.15, 0.2) is 58.2 Å². The first-order valence-corrected chi connectivity index (χ1v) is 11.5. The molecule has 2 amide bonds. The summed E-state index contributed by atoms with van der Waals surface area (Å²) in [7, 11) is -3.83. The molecule has 0 bridgehead atoms. The van der Waals surface area contributed by atoms with Crippen molar-refractivity contribution in [2.75, 3.05) is 13.1 Å². The fourth-order valence-electron chi connectivity index (χ4n) is 3.31. The molecule has 1 aromatic heterocycles. The van der Waals surface area contributed by atoms with Gasteiger partial charge in [0.05, 0.1) is 15.4 Å². The van der Waals surface area contributed by atoms with Gasteiger partial charge in [-0.3, -0.25) is 35.3 Å². The summed E-state index contributed by atoms with van der Waals surface area (Å²) in [5.74, 6) is -1.71. The Morgan fingerprint density at radius 2 is 1.71 bits per heavy atom. The Morgan fingerprint density at radius 3 is 2.35 bits per heavy atom. The number of non-ortho nitro benzene ring substituents is 1. The molecule has 13 heteroatoms. The van der Waals surface area contributed by atoms with Crippen LogP contribution in [0, 0.1) is 10.1 Å². The number of nitrogens with one attached hydrogen (secondary N) is 3. The summed E-state index contributed by atoms with van der Waals surface area (Å²) in [5, 5.41) is 11.0. The van der Waals surface area contributed by atoms with Crippen LogP contribution >= 0.6 is 0 Å². The van der Waals surface area contributed by atoms with Crippen LogP contribution in [0.2, 0.25) is 0 Å². The van der Waals surface area contributed by atoms with E-state index in [9.17, 15) is 32.9 Å². The van der Waals surface area contributed by atoms with Gasteiger partial charge < -0.3 is 4.98 Å². The molecule has 2 aromatic carbocycles. The number of pyridine rings is 1. The SMILES string of the molecule is CCN(CC)S(=O)(=O)c1ccc2[nH]c(=O)cc(C(=O)NNC(=O)c3cccc([N+](=O)[O-])c3)c2c1. The minimum absolute atomic E-state index is 0.0644. The van der Waals surface area contributed by atoms with Crippen LogP contribution in [0.1, 0.15) is 34.6 Å². The number of benzene rings is 2. The van der Waals surface area contributed by atoms with Crippen molar-refractivity contribution in [1.82, 2.24) is 20.1 Å². The smallest absolute Gasteiger partial charge is 0.270 e. The molecule has 1 heterocycles. The Labute approximate surface area is 193 Å². The Kier molecular flexibility index (Phi) is 7.08. The lowest BCUT2D eigenvalue weighted by Gasteiger charge is -2.19. The number of hydrazine groups is 1. The fourth-order valence-corrected chi connectivity index (χ4v) is 4.79. The molecule has 3 N–H and O–H groups in total. The average molecular weight is 487 g/mol. The normalized spacial score (nSPS) is 11.4. The largest absolute Gasteiger partial charge is 0.322 e. The zero-order valence-electron chi connectivity index (χ0n) is 18.2. The number of sulfonamides is 1. The molecule has 3 rings (SSSR count). The molecule has 3 aromatic rings. The summed E-state index contributed by atoms with van der Waals surface area (Å²) in [5.41, 5.74) is 3.34. The van der Waals surface area contributed by atoms with Crippen molar-refractivity contribution in [1.29, 1.82) is 0 Å². The lowest BCUT2D eigenvalue weighted by Crippen LogP contribution is -2.42. The lowest BCUT2D eigenvalue weighted by molar-refractivity contribution is -0.384. The maximum Gasteiger partial charge on any atom is 0.270 e. The topological polar surface area (TPSA) is 172 Å². The van der Waals surface area contributed by atoms with Crippen LogP contribution < -0.4 is 16.4 Å². The maximum atomic E-state index is 12.9. The van der Waals surface area contributed by atoms with Crippen molar-refractivity contribution < 1.29 is 22.9 Å². The first-order valence-electron chi connectivity index (χ1n) is 10.1. The summed E-state index contributed by atoms with van der Waals surface area (Å²) in [6.07, 6.45) is 0. The van der Waals surface area contributed by atoms with E-state index in [2.05, 4.69) is 15.8 Å². The van der Waals surface area contributed by atoms with E-state index in [0.29, 0.717) is 0 Å². The molecule has 0 fully saturated rings. The highest BCUT2D eigenvalue weighted by Gasteiger charge is 2.23. The van der Waals surface area contributed by atoms with E-state index in [0.717, 1.165) is 12.1 Å². The molecule has 0 aliphatic rings. The number of nitro benzene ring substituents is 1. The van der Waals surface area contributed by atoms with Gasteiger partial charge >= 0.3 is 0 Å². The van der Waals surface area contributed by atoms with Gasteiger partial charge in [-0.2, -0.15) is 4.31 Å². The molecule has 178 valence electrons. The van der Waals surface area contributed by atoms with E-state index in [1.165, 1.54) is 40.7 Å². The van der Waals surface area contributed by atoms with Crippen molar-refractivity contribution >= 4 is 38.4 Å². The average Bonchev–Trinajstić information content (AvgIpc) is 2.82. The van der Waals surface area contributed by atoms with Crippen LogP contribution in [0.3, 0.4) is 0 Å². The molecule has 0 unspecified atom stereocenters. The van der Waals surface area contributed by atoms with E-state index in [1.807, 2.05) is 0 Å². The van der Waals surface area contributed by atoms with Gasteiger partial charge in [-0.1, -0.05) is 19.9 Å². The third-order valence-electron chi connectivity index (χ3n) is 5.01. The highest BCUT2D eigenvalue weighted by atomic mass is 32.2. The first-order chi connectivity index (χ1) is 16.1. The predicted molar refractivity (Wildman–Crippen MR) is 123 cm³/mol. The predicted octanol–water partition coefficient (Wildman–Crippen LogP) is 1.54. The number of nitro groups is 1. The number of aromatic nitrogens is 1. The molecule has 0 radical (unpaired) electrons. The number of amides is 2. The van der Waals surface area contributed by atoms with Crippen LogP contribution in [-0.2, 0) is 10.0 Å². The van der Waals surface area contributed by atoms with Gasteiger partial charge in [0.1, 0.15) is 0 Å². The Hall–Kier alpha value is -4.10. The number of hydrogen-bond donors (Lipinski definition) is 3. The molecule has 0 atom stereocenters. The van der Waals surface area contributed by atoms with Crippen molar-refractivity contribution in [2.24, 2.45) is 0 Å². The van der Waals surface area contributed by atoms with E-state index in [-0.39, 0.29) is 45.7 Å². The summed E-state index contributed by atoms with van der Waals surface area (Å²) in [4.78, 5) is 49.8. The van der Waals surface area contributed by atoms with Crippen LogP contribution in [0.5, 0.6) is 0 Å². The van der Waals surface area contributed by atoms with Gasteiger partial charge in [-0.05, 0) is 24.3 Å². The molecule has 0 saturated heterocycles. The lowest BCUT2D eigenvalue weighted by atomic mass is 10.1. The van der Waals surface area contributed by atoms with Gasteiger partial charge in [0.2, 0.25) is 15.6 Å². The zero-order valence-corrected chi connectivity index (χ0v) is 19.0. The molecule has 0 saturated carbocycles. The molecule has 12 nitrogen and oxygen atoms in total. The number of hydrogen-bond acceptors (Lipinski definition) is 7. The quantitative estimate of drug-likeness (QED) is 0.335. The second-order valence-corrected chi connectivity index (χ2v) is 9.00. The summed E-state index contributed by atoms with van der Waals surface area (Å²) in [6.45, 7) is 3.89. The Morgan fingerprint density at radius 1 is 1.03 bits per heavy atom. The van der Waals surface area contributed by atoms with Gasteiger partial charge in [0.15, 0.2) is 0 Å². The molecule has 34 heavy (non-hydrogen) atoms. The van der Waals surface area contributed by atoms with Gasteiger partial charge in [-0.25, -0.2) is 8.42 Å². The van der Waals surface area contributed by atoms with Crippen molar-refractivity contribution in [3.8, 4) is 0 Å². The van der Waals surface area contributed by atoms with E-state index in [4.69, 9.17) is 0 Å². The van der Waals surface area contributed by atoms with Crippen LogP contribution in [0.25, 0.3) is 10.9 Å². The summed E-state index contributed by atoms with van der Waals surface area (Å²) < 4.78 is 27.0. The van der Waals surface area contributed by atoms with Gasteiger partial charge in [0, 0.05) is 47.8 Å². The minimum atomic E-state index is -3.83. The van der Waals surface area contributed by atoms with Crippen LogP contribution in [-0.4, -0.2) is 47.5 Å². The van der Waals surface area contributed by atoms with Gasteiger partial charge in [-0.15, -0.1) is 0 Å². The molecular formula is C21H21N5O7S. The number of rotatable bonds is 7. The standard InChI is InChI=1S/C21H21N5O7S/c1-3-25(4-2)34(32,33)15-8-9-18-16(11-15)17(12-19(27)22-18)21(29)24-23-20(28)13-6-5-7-14(10-13)26(30)31/h5-12H,3-4H2,1-2H3,(H,22,27)(H,23,28)(H,24,29). The number of carbonyl (C=O) groups excluding carboxylic acids is 2. The van der Waals surface area contributed by atoms with Crippen LogP contribution in [0.4, 0.5) is 5.69 Å². The third-order valence-corrected chi connectivity index (χ3v) is 7.06. The summed E-state index contributed by atoms with van der Waals surface area (Å²) >= 11 is 0. The second-order valence-electron chi connectivity index (χ2n) is 7.06. The monoisotopic (exact) mass is 487 g/mol. The molecule has 0 aliphatic carbocycles. The number of carbonyl (C=O) groups is 2. The molecule has 0 spiro atoms. The van der Waals surface area contributed by atoms with Crippen molar-refractivity contribution in [2.45, 2.75) is 18.7 Å². The Balaban J connectivity index is 1.93. The summed E-state index contributed by atoms with van der Waals surface area (Å²) in [6, 6.07) is 9.85. The highest BCUT2D eigenvalue weighted by Crippen LogP contribution is 2.23. The second kappa shape index (κ2) is 9.80. The highest BCUT2D eigenvalue weighted by molar-refractivity contribution is 7.89. The van der Waals surface area contributed by atoms with E-state index >= 15 is 0 Å². The molecule has 0 aliphatic heterocycles. The number of nitrogens with zero attached hydrogens (tertiary/aromatic N) is 2. The number of fused-ring (bicyclic) bond motifs is 1. The van der Waals surface area contributed by atoms with Crippen molar-refractivity contribution in [3.05, 3.63) is 80.1 Å². The first kappa shape index (κ1) is 24.5. The molecular weight excluding hydrogens is 466 g/mol. The minimum Gasteiger partial charge on any atom is -0.322 e. The van der Waals surface area contributed by atoms with Gasteiger partial charge in [0.25, 0.3) is 17.5 Å². The zero-order chi connectivity index (χ0) is 25.0. The Bertz CT molecular complexity index is 1450. The van der Waals surface area contributed by atoms with E-state index < -0.39 is 32.3 Å². The van der Waals surface area contributed by atoms with Crippen molar-refractivity contribution in [3.63, 3.8) is 0 Å². The maximum absolute atomic E-state index is 12.9. The number of H-pyrrole nitrogens is 1. The number of aromatic amines is 1.